The third-order valence-electron chi connectivity index (χ3n) is 2.08. The number of aromatic carboxylic acids is 1. The zero-order chi connectivity index (χ0) is 11.7. The molecule has 0 unspecified atom stereocenters. The molecule has 0 saturated heterocycles. The maximum Gasteiger partial charge on any atom is 0.356 e. The lowest BCUT2D eigenvalue weighted by molar-refractivity contribution is 0.0690. The highest BCUT2D eigenvalue weighted by Crippen LogP contribution is 2.08. The molecule has 0 saturated carbocycles. The Morgan fingerprint density at radius 3 is 2.50 bits per heavy atom. The lowest BCUT2D eigenvalue weighted by atomic mass is 10.4. The van der Waals surface area contributed by atoms with Gasteiger partial charge in [-0.1, -0.05) is 0 Å². The van der Waals surface area contributed by atoms with E-state index in [0.29, 0.717) is 5.82 Å². The molecular formula is C10H10N4O2. The van der Waals surface area contributed by atoms with Crippen molar-refractivity contribution in [1.82, 2.24) is 19.7 Å². The SMILES string of the molecule is Cc1cc(C)n(-c2cnc(C(=O)O)cn2)n1. The maximum absolute atomic E-state index is 10.6. The average Bonchev–Trinajstić information content (AvgIpc) is 2.58. The zero-order valence-corrected chi connectivity index (χ0v) is 8.88. The van der Waals surface area contributed by atoms with Crippen LogP contribution in [0.1, 0.15) is 21.9 Å². The van der Waals surface area contributed by atoms with Crippen molar-refractivity contribution < 1.29 is 9.90 Å². The largest absolute Gasteiger partial charge is 0.476 e. The highest BCUT2D eigenvalue weighted by atomic mass is 16.4. The summed E-state index contributed by atoms with van der Waals surface area (Å²) in [6.45, 7) is 3.77. The second-order valence-corrected chi connectivity index (χ2v) is 3.40. The second kappa shape index (κ2) is 3.73. The molecule has 0 spiro atoms. The van der Waals surface area contributed by atoms with Gasteiger partial charge in [0.25, 0.3) is 0 Å². The summed E-state index contributed by atoms with van der Waals surface area (Å²) < 4.78 is 1.62. The summed E-state index contributed by atoms with van der Waals surface area (Å²) in [5.41, 5.74) is 1.72. The molecular weight excluding hydrogens is 208 g/mol. The van der Waals surface area contributed by atoms with Gasteiger partial charge in [0.2, 0.25) is 0 Å². The minimum atomic E-state index is -1.09. The van der Waals surface area contributed by atoms with E-state index in [1.54, 1.807) is 4.68 Å². The van der Waals surface area contributed by atoms with E-state index in [4.69, 9.17) is 5.11 Å². The molecule has 16 heavy (non-hydrogen) atoms. The summed E-state index contributed by atoms with van der Waals surface area (Å²) >= 11 is 0. The quantitative estimate of drug-likeness (QED) is 0.812. The van der Waals surface area contributed by atoms with E-state index in [2.05, 4.69) is 15.1 Å². The fraction of sp³-hybridized carbons (Fsp3) is 0.200. The van der Waals surface area contributed by atoms with Crippen LogP contribution in [0.25, 0.3) is 5.82 Å². The molecule has 0 aliphatic heterocycles. The average molecular weight is 218 g/mol. The molecule has 2 aromatic heterocycles. The Hall–Kier alpha value is -2.24. The molecule has 0 atom stereocenters. The van der Waals surface area contributed by atoms with Gasteiger partial charge in [0.05, 0.1) is 18.1 Å². The Balaban J connectivity index is 2.42. The Kier molecular flexibility index (Phi) is 2.40. The number of carbonyl (C=O) groups is 1. The van der Waals surface area contributed by atoms with Gasteiger partial charge in [-0.25, -0.2) is 19.4 Å². The van der Waals surface area contributed by atoms with Crippen LogP contribution in [0.4, 0.5) is 0 Å². The molecule has 2 heterocycles. The minimum absolute atomic E-state index is 0.0784. The second-order valence-electron chi connectivity index (χ2n) is 3.40. The van der Waals surface area contributed by atoms with Gasteiger partial charge in [-0.05, 0) is 19.9 Å². The van der Waals surface area contributed by atoms with E-state index in [-0.39, 0.29) is 5.69 Å². The summed E-state index contributed by atoms with van der Waals surface area (Å²) in [5.74, 6) is -0.581. The molecule has 2 aromatic rings. The van der Waals surface area contributed by atoms with Crippen molar-refractivity contribution in [3.63, 3.8) is 0 Å². The van der Waals surface area contributed by atoms with Crippen molar-refractivity contribution >= 4 is 5.97 Å². The summed E-state index contributed by atoms with van der Waals surface area (Å²) in [5, 5.41) is 12.9. The van der Waals surface area contributed by atoms with Crippen LogP contribution in [-0.2, 0) is 0 Å². The molecule has 0 radical (unpaired) electrons. The van der Waals surface area contributed by atoms with Crippen LogP contribution >= 0.6 is 0 Å². The highest BCUT2D eigenvalue weighted by Gasteiger charge is 2.08. The third kappa shape index (κ3) is 1.77. The molecule has 6 nitrogen and oxygen atoms in total. The smallest absolute Gasteiger partial charge is 0.356 e. The van der Waals surface area contributed by atoms with Crippen LogP contribution in [0.3, 0.4) is 0 Å². The van der Waals surface area contributed by atoms with E-state index in [1.165, 1.54) is 12.4 Å². The van der Waals surface area contributed by atoms with E-state index in [9.17, 15) is 4.79 Å². The Morgan fingerprint density at radius 2 is 2.06 bits per heavy atom. The van der Waals surface area contributed by atoms with E-state index in [0.717, 1.165) is 11.4 Å². The van der Waals surface area contributed by atoms with Crippen molar-refractivity contribution in [2.24, 2.45) is 0 Å². The Morgan fingerprint density at radius 1 is 1.31 bits per heavy atom. The molecule has 0 bridgehead atoms. The van der Waals surface area contributed by atoms with Gasteiger partial charge in [-0.15, -0.1) is 0 Å². The first-order valence-corrected chi connectivity index (χ1v) is 4.67. The number of rotatable bonds is 2. The van der Waals surface area contributed by atoms with Crippen molar-refractivity contribution in [3.05, 3.63) is 35.5 Å². The normalized spacial score (nSPS) is 10.4. The van der Waals surface area contributed by atoms with E-state index >= 15 is 0 Å². The van der Waals surface area contributed by atoms with Gasteiger partial charge in [-0.3, -0.25) is 0 Å². The predicted octanol–water partition coefficient (Wildman–Crippen LogP) is 0.977. The first-order chi connectivity index (χ1) is 7.58. The lowest BCUT2D eigenvalue weighted by Gasteiger charge is -2.02. The maximum atomic E-state index is 10.6. The number of carboxylic acids is 1. The number of aryl methyl sites for hydroxylation is 2. The predicted molar refractivity (Wildman–Crippen MR) is 55.6 cm³/mol. The fourth-order valence-electron chi connectivity index (χ4n) is 1.40. The van der Waals surface area contributed by atoms with Crippen molar-refractivity contribution in [1.29, 1.82) is 0 Å². The third-order valence-corrected chi connectivity index (χ3v) is 2.08. The Bertz CT molecular complexity index is 530. The van der Waals surface area contributed by atoms with E-state index < -0.39 is 5.97 Å². The number of carboxylic acid groups (broad SMARTS) is 1. The first kappa shape index (κ1) is 10.3. The monoisotopic (exact) mass is 218 g/mol. The van der Waals surface area contributed by atoms with Crippen LogP contribution in [0, 0.1) is 13.8 Å². The summed E-state index contributed by atoms with van der Waals surface area (Å²) in [6.07, 6.45) is 2.61. The van der Waals surface area contributed by atoms with Crippen LogP contribution < -0.4 is 0 Å². The summed E-state index contributed by atoms with van der Waals surface area (Å²) in [7, 11) is 0. The van der Waals surface area contributed by atoms with Crippen LogP contribution in [0.5, 0.6) is 0 Å². The number of hydrogen-bond donors (Lipinski definition) is 1. The number of hydrogen-bond acceptors (Lipinski definition) is 4. The van der Waals surface area contributed by atoms with Gasteiger partial charge in [0.15, 0.2) is 11.5 Å². The highest BCUT2D eigenvalue weighted by molar-refractivity contribution is 5.84. The fourth-order valence-corrected chi connectivity index (χ4v) is 1.40. The van der Waals surface area contributed by atoms with Crippen molar-refractivity contribution in [3.8, 4) is 5.82 Å². The molecule has 0 aromatic carbocycles. The molecule has 0 aliphatic rings. The van der Waals surface area contributed by atoms with Crippen molar-refractivity contribution in [2.45, 2.75) is 13.8 Å². The van der Waals surface area contributed by atoms with Gasteiger partial charge >= 0.3 is 5.97 Å². The Labute approximate surface area is 91.6 Å². The van der Waals surface area contributed by atoms with E-state index in [1.807, 2.05) is 19.9 Å². The summed E-state index contributed by atoms with van der Waals surface area (Å²) in [4.78, 5) is 18.4. The van der Waals surface area contributed by atoms with Crippen molar-refractivity contribution in [2.75, 3.05) is 0 Å². The number of nitrogens with zero attached hydrogens (tertiary/aromatic N) is 4. The lowest BCUT2D eigenvalue weighted by Crippen LogP contribution is -2.06. The van der Waals surface area contributed by atoms with Gasteiger partial charge in [0.1, 0.15) is 0 Å². The summed E-state index contributed by atoms with van der Waals surface area (Å²) in [6, 6.07) is 1.91. The molecule has 0 aliphatic carbocycles. The minimum Gasteiger partial charge on any atom is -0.476 e. The molecule has 2 rings (SSSR count). The van der Waals surface area contributed by atoms with Gasteiger partial charge < -0.3 is 5.11 Å². The van der Waals surface area contributed by atoms with Crippen LogP contribution in [0.2, 0.25) is 0 Å². The molecule has 1 N–H and O–H groups in total. The van der Waals surface area contributed by atoms with Gasteiger partial charge in [0, 0.05) is 5.69 Å². The van der Waals surface area contributed by atoms with Gasteiger partial charge in [-0.2, -0.15) is 5.10 Å². The molecule has 0 amide bonds. The van der Waals surface area contributed by atoms with Crippen LogP contribution in [-0.4, -0.2) is 30.8 Å². The molecule has 0 fully saturated rings. The topological polar surface area (TPSA) is 80.9 Å². The molecule has 82 valence electrons. The standard InChI is InChI=1S/C10H10N4O2/c1-6-3-7(2)14(13-6)9-5-11-8(4-12-9)10(15)16/h3-5H,1-2H3,(H,15,16). The van der Waals surface area contributed by atoms with Crippen LogP contribution in [0.15, 0.2) is 18.5 Å². The molecule has 6 heteroatoms. The first-order valence-electron chi connectivity index (χ1n) is 4.67. The zero-order valence-electron chi connectivity index (χ0n) is 8.88. The number of aromatic nitrogens is 4.